The molecule has 0 spiro atoms. The molecule has 0 saturated heterocycles. The number of para-hydroxylation sites is 1. The minimum atomic E-state index is -4.51. The third-order valence-corrected chi connectivity index (χ3v) is 2.29. The molecule has 1 aromatic carbocycles. The van der Waals surface area contributed by atoms with Crippen molar-refractivity contribution in [3.63, 3.8) is 0 Å². The van der Waals surface area contributed by atoms with Crippen LogP contribution in [-0.2, 0) is 6.18 Å². The van der Waals surface area contributed by atoms with Gasteiger partial charge in [0.2, 0.25) is 0 Å². The molecule has 0 fully saturated rings. The van der Waals surface area contributed by atoms with E-state index in [4.69, 9.17) is 0 Å². The number of nitrogens with zero attached hydrogens (tertiary/aromatic N) is 1. The van der Waals surface area contributed by atoms with Gasteiger partial charge in [-0.3, -0.25) is 10.2 Å². The Labute approximate surface area is 109 Å². The summed E-state index contributed by atoms with van der Waals surface area (Å²) in [4.78, 5) is 11.9. The molecule has 0 heterocycles. The van der Waals surface area contributed by atoms with Crippen molar-refractivity contribution in [3.8, 4) is 0 Å². The van der Waals surface area contributed by atoms with Crippen LogP contribution in [0.4, 0.5) is 18.9 Å². The van der Waals surface area contributed by atoms with Crippen LogP contribution < -0.4 is 10.7 Å². The number of anilines is 1. The van der Waals surface area contributed by atoms with Gasteiger partial charge < -0.3 is 5.32 Å². The lowest BCUT2D eigenvalue weighted by atomic mass is 10.1. The van der Waals surface area contributed by atoms with E-state index in [1.54, 1.807) is 21.0 Å². The molecular weight excluding hydrogens is 259 g/mol. The van der Waals surface area contributed by atoms with Crippen LogP contribution in [0.5, 0.6) is 0 Å². The van der Waals surface area contributed by atoms with E-state index in [0.717, 1.165) is 6.07 Å². The molecule has 7 heteroatoms. The third-order valence-electron chi connectivity index (χ3n) is 2.29. The largest absolute Gasteiger partial charge is 0.418 e. The van der Waals surface area contributed by atoms with E-state index < -0.39 is 17.6 Å². The second kappa shape index (κ2) is 5.92. The Morgan fingerprint density at radius 1 is 1.32 bits per heavy atom. The van der Waals surface area contributed by atoms with Crippen molar-refractivity contribution >= 4 is 11.6 Å². The molecule has 19 heavy (non-hydrogen) atoms. The highest BCUT2D eigenvalue weighted by atomic mass is 19.4. The number of amides is 1. The standard InChI is InChI=1S/C12H16F3N3O/c1-4-16-10-8(11(19)17-18(2)3)6-5-7-9(10)12(13,14)15/h5-7,16H,4H2,1-3H3,(H,17,19). The first-order valence-corrected chi connectivity index (χ1v) is 5.69. The Morgan fingerprint density at radius 2 is 1.95 bits per heavy atom. The Bertz CT molecular complexity index is 458. The molecule has 0 aliphatic carbocycles. The van der Waals surface area contributed by atoms with Gasteiger partial charge in [-0.15, -0.1) is 0 Å². The smallest absolute Gasteiger partial charge is 0.384 e. The number of hydrogen-bond donors (Lipinski definition) is 2. The molecule has 1 amide bonds. The molecule has 0 aliphatic rings. The van der Waals surface area contributed by atoms with Crippen molar-refractivity contribution in [2.45, 2.75) is 13.1 Å². The fourth-order valence-corrected chi connectivity index (χ4v) is 1.61. The molecule has 4 nitrogen and oxygen atoms in total. The lowest BCUT2D eigenvalue weighted by Gasteiger charge is -2.19. The van der Waals surface area contributed by atoms with Gasteiger partial charge in [-0.2, -0.15) is 13.2 Å². The summed E-state index contributed by atoms with van der Waals surface area (Å²) in [6, 6.07) is 3.52. The van der Waals surface area contributed by atoms with Gasteiger partial charge in [0, 0.05) is 20.6 Å². The van der Waals surface area contributed by atoms with E-state index in [2.05, 4.69) is 10.7 Å². The fraction of sp³-hybridized carbons (Fsp3) is 0.417. The quantitative estimate of drug-likeness (QED) is 0.829. The highest BCUT2D eigenvalue weighted by Gasteiger charge is 2.35. The normalized spacial score (nSPS) is 11.5. The molecule has 2 N–H and O–H groups in total. The number of nitrogens with one attached hydrogen (secondary N) is 2. The van der Waals surface area contributed by atoms with Crippen LogP contribution in [0.25, 0.3) is 0 Å². The number of hydrogen-bond acceptors (Lipinski definition) is 3. The van der Waals surface area contributed by atoms with Gasteiger partial charge in [0.1, 0.15) is 0 Å². The summed E-state index contributed by atoms with van der Waals surface area (Å²) in [6.07, 6.45) is -4.51. The summed E-state index contributed by atoms with van der Waals surface area (Å²) in [5.41, 5.74) is 1.34. The average Bonchev–Trinajstić information content (AvgIpc) is 2.27. The lowest BCUT2D eigenvalue weighted by molar-refractivity contribution is -0.137. The topological polar surface area (TPSA) is 44.4 Å². The number of carbonyl (C=O) groups excluding carboxylic acids is 1. The highest BCUT2D eigenvalue weighted by molar-refractivity contribution is 6.00. The van der Waals surface area contributed by atoms with Gasteiger partial charge in [0.05, 0.1) is 16.8 Å². The van der Waals surface area contributed by atoms with Gasteiger partial charge in [-0.1, -0.05) is 6.07 Å². The molecule has 0 aliphatic heterocycles. The molecule has 0 radical (unpaired) electrons. The zero-order chi connectivity index (χ0) is 14.6. The van der Waals surface area contributed by atoms with Gasteiger partial charge in [0.15, 0.2) is 0 Å². The molecule has 0 aromatic heterocycles. The predicted octanol–water partition coefficient (Wildman–Crippen LogP) is 2.34. The Hall–Kier alpha value is -1.76. The van der Waals surface area contributed by atoms with Crippen LogP contribution in [0, 0.1) is 0 Å². The summed E-state index contributed by atoms with van der Waals surface area (Å²) < 4.78 is 38.7. The molecule has 1 rings (SSSR count). The minimum absolute atomic E-state index is 0.0367. The maximum absolute atomic E-state index is 12.9. The van der Waals surface area contributed by atoms with Crippen LogP contribution in [0.15, 0.2) is 18.2 Å². The zero-order valence-corrected chi connectivity index (χ0v) is 10.9. The van der Waals surface area contributed by atoms with Gasteiger partial charge in [0.25, 0.3) is 5.91 Å². The summed E-state index contributed by atoms with van der Waals surface area (Å²) in [7, 11) is 3.16. The summed E-state index contributed by atoms with van der Waals surface area (Å²) >= 11 is 0. The maximum Gasteiger partial charge on any atom is 0.418 e. The van der Waals surface area contributed by atoms with Crippen molar-refractivity contribution in [2.75, 3.05) is 26.0 Å². The van der Waals surface area contributed by atoms with Crippen molar-refractivity contribution in [2.24, 2.45) is 0 Å². The van der Waals surface area contributed by atoms with Gasteiger partial charge >= 0.3 is 6.18 Å². The first-order valence-electron chi connectivity index (χ1n) is 5.69. The van der Waals surface area contributed by atoms with E-state index in [9.17, 15) is 18.0 Å². The van der Waals surface area contributed by atoms with Crippen molar-refractivity contribution in [3.05, 3.63) is 29.3 Å². The minimum Gasteiger partial charge on any atom is -0.384 e. The molecule has 0 atom stereocenters. The van der Waals surface area contributed by atoms with E-state index >= 15 is 0 Å². The average molecular weight is 275 g/mol. The van der Waals surface area contributed by atoms with Gasteiger partial charge in [-0.05, 0) is 19.1 Å². The molecule has 0 bridgehead atoms. The van der Waals surface area contributed by atoms with E-state index in [1.807, 2.05) is 0 Å². The summed E-state index contributed by atoms with van der Waals surface area (Å²) in [6.45, 7) is 1.95. The third kappa shape index (κ3) is 3.85. The lowest BCUT2D eigenvalue weighted by Crippen LogP contribution is -2.36. The summed E-state index contributed by atoms with van der Waals surface area (Å²) in [5.74, 6) is -0.591. The number of carbonyl (C=O) groups is 1. The SMILES string of the molecule is CCNc1c(C(=O)NN(C)C)cccc1C(F)(F)F. The van der Waals surface area contributed by atoms with Crippen LogP contribution in [0.1, 0.15) is 22.8 Å². The second-order valence-corrected chi connectivity index (χ2v) is 4.09. The second-order valence-electron chi connectivity index (χ2n) is 4.09. The molecule has 0 unspecified atom stereocenters. The molecule has 106 valence electrons. The number of halogens is 3. The van der Waals surface area contributed by atoms with E-state index in [0.29, 0.717) is 0 Å². The van der Waals surface area contributed by atoms with Crippen LogP contribution in [0.2, 0.25) is 0 Å². The first-order chi connectivity index (χ1) is 8.77. The van der Waals surface area contributed by atoms with Crippen LogP contribution >= 0.6 is 0 Å². The molecular formula is C12H16F3N3O. The van der Waals surface area contributed by atoms with Crippen molar-refractivity contribution in [1.29, 1.82) is 0 Å². The van der Waals surface area contributed by atoms with E-state index in [1.165, 1.54) is 17.1 Å². The maximum atomic E-state index is 12.9. The highest BCUT2D eigenvalue weighted by Crippen LogP contribution is 2.36. The van der Waals surface area contributed by atoms with Crippen molar-refractivity contribution < 1.29 is 18.0 Å². The molecule has 1 aromatic rings. The van der Waals surface area contributed by atoms with Gasteiger partial charge in [-0.25, -0.2) is 5.01 Å². The predicted molar refractivity (Wildman–Crippen MR) is 66.8 cm³/mol. The zero-order valence-electron chi connectivity index (χ0n) is 10.9. The number of rotatable bonds is 4. The Balaban J connectivity index is 3.28. The van der Waals surface area contributed by atoms with Crippen LogP contribution in [-0.4, -0.2) is 31.6 Å². The first kappa shape index (κ1) is 15.3. The van der Waals surface area contributed by atoms with E-state index in [-0.39, 0.29) is 17.8 Å². The number of benzene rings is 1. The Kier molecular flexibility index (Phi) is 4.77. The molecule has 0 saturated carbocycles. The number of hydrazine groups is 1. The van der Waals surface area contributed by atoms with Crippen LogP contribution in [0.3, 0.4) is 0 Å². The Morgan fingerprint density at radius 3 is 2.42 bits per heavy atom. The fourth-order valence-electron chi connectivity index (χ4n) is 1.61. The number of alkyl halides is 3. The summed E-state index contributed by atoms with van der Waals surface area (Å²) in [5, 5.41) is 3.98. The van der Waals surface area contributed by atoms with Crippen molar-refractivity contribution in [1.82, 2.24) is 10.4 Å². The monoisotopic (exact) mass is 275 g/mol.